The van der Waals surface area contributed by atoms with Crippen molar-refractivity contribution in [1.82, 2.24) is 4.90 Å². The average Bonchev–Trinajstić information content (AvgIpc) is 3.16. The lowest BCUT2D eigenvalue weighted by molar-refractivity contribution is -0.151. The van der Waals surface area contributed by atoms with Crippen LogP contribution in [0.4, 0.5) is 0 Å². The van der Waals surface area contributed by atoms with Gasteiger partial charge in [0.05, 0.1) is 5.41 Å². The van der Waals surface area contributed by atoms with E-state index in [1.54, 1.807) is 4.90 Å². The molecule has 1 saturated heterocycles. The van der Waals surface area contributed by atoms with Gasteiger partial charge in [-0.1, -0.05) is 41.9 Å². The van der Waals surface area contributed by atoms with Gasteiger partial charge in [0.1, 0.15) is 0 Å². The fraction of sp³-hybridized carbons (Fsp3) is 0.556. The van der Waals surface area contributed by atoms with Crippen molar-refractivity contribution in [1.29, 1.82) is 0 Å². The van der Waals surface area contributed by atoms with E-state index < -0.39 is 11.4 Å². The number of carbonyl (C=O) groups excluding carboxylic acids is 1. The van der Waals surface area contributed by atoms with Crippen molar-refractivity contribution in [3.05, 3.63) is 34.3 Å². The average molecular weight is 380 g/mol. The molecule has 1 aliphatic heterocycles. The Bertz CT molecular complexity index is 645. The lowest BCUT2D eigenvalue weighted by Crippen LogP contribution is -2.41. The second-order valence-electron chi connectivity index (χ2n) is 7.13. The molecule has 124 valence electrons. The molecule has 2 aliphatic rings. The Hall–Kier alpha value is -1.36. The zero-order valence-electron chi connectivity index (χ0n) is 13.5. The minimum absolute atomic E-state index is 0.0149. The Balaban J connectivity index is 1.68. The van der Waals surface area contributed by atoms with E-state index in [-0.39, 0.29) is 23.7 Å². The summed E-state index contributed by atoms with van der Waals surface area (Å²) in [7, 11) is 0. The van der Waals surface area contributed by atoms with E-state index in [0.29, 0.717) is 19.5 Å². The van der Waals surface area contributed by atoms with Gasteiger partial charge in [-0.2, -0.15) is 0 Å². The van der Waals surface area contributed by atoms with Crippen molar-refractivity contribution >= 4 is 27.8 Å². The summed E-state index contributed by atoms with van der Waals surface area (Å²) in [4.78, 5) is 26.2. The molecule has 1 aromatic rings. The minimum atomic E-state index is -0.782. The summed E-state index contributed by atoms with van der Waals surface area (Å²) in [6, 6.07) is 8.09. The SMILES string of the molecule is CC(C)C1(C(=O)O)CCN(C(=O)C2CC2c2cccc(Br)c2)C1. The number of rotatable bonds is 4. The molecule has 0 spiro atoms. The Morgan fingerprint density at radius 1 is 1.39 bits per heavy atom. The highest BCUT2D eigenvalue weighted by Gasteiger charge is 2.52. The summed E-state index contributed by atoms with van der Waals surface area (Å²) >= 11 is 3.47. The van der Waals surface area contributed by atoms with Crippen molar-refractivity contribution in [2.75, 3.05) is 13.1 Å². The first-order valence-electron chi connectivity index (χ1n) is 8.13. The van der Waals surface area contributed by atoms with E-state index >= 15 is 0 Å². The molecule has 0 bridgehead atoms. The Labute approximate surface area is 145 Å². The molecule has 0 aromatic heterocycles. The van der Waals surface area contributed by atoms with Crippen LogP contribution in [0, 0.1) is 17.3 Å². The molecule has 1 saturated carbocycles. The van der Waals surface area contributed by atoms with Crippen molar-refractivity contribution in [3.8, 4) is 0 Å². The van der Waals surface area contributed by atoms with Crippen molar-refractivity contribution < 1.29 is 14.7 Å². The van der Waals surface area contributed by atoms with E-state index in [2.05, 4.69) is 28.1 Å². The Morgan fingerprint density at radius 3 is 2.70 bits per heavy atom. The van der Waals surface area contributed by atoms with Gasteiger partial charge in [0.15, 0.2) is 0 Å². The van der Waals surface area contributed by atoms with Gasteiger partial charge in [-0.3, -0.25) is 9.59 Å². The summed E-state index contributed by atoms with van der Waals surface area (Å²) in [5.74, 6) is -0.335. The maximum atomic E-state index is 12.7. The van der Waals surface area contributed by atoms with E-state index in [1.165, 1.54) is 5.56 Å². The molecule has 1 aromatic carbocycles. The van der Waals surface area contributed by atoms with Gasteiger partial charge in [0.2, 0.25) is 5.91 Å². The van der Waals surface area contributed by atoms with Crippen LogP contribution in [0.1, 0.15) is 38.2 Å². The lowest BCUT2D eigenvalue weighted by Gasteiger charge is -2.28. The van der Waals surface area contributed by atoms with Crippen molar-refractivity contribution in [2.45, 2.75) is 32.6 Å². The zero-order valence-corrected chi connectivity index (χ0v) is 15.0. The van der Waals surface area contributed by atoms with Crippen LogP contribution in [0.5, 0.6) is 0 Å². The van der Waals surface area contributed by atoms with Gasteiger partial charge in [0, 0.05) is 23.5 Å². The van der Waals surface area contributed by atoms with Gasteiger partial charge in [-0.05, 0) is 42.4 Å². The highest BCUT2D eigenvalue weighted by atomic mass is 79.9. The number of nitrogens with zero attached hydrogens (tertiary/aromatic N) is 1. The molecule has 1 amide bonds. The first-order chi connectivity index (χ1) is 10.8. The number of carboxylic acids is 1. The lowest BCUT2D eigenvalue weighted by atomic mass is 9.76. The van der Waals surface area contributed by atoms with Gasteiger partial charge in [-0.15, -0.1) is 0 Å². The van der Waals surface area contributed by atoms with E-state index in [4.69, 9.17) is 0 Å². The molecular weight excluding hydrogens is 358 g/mol. The molecular formula is C18H22BrNO3. The smallest absolute Gasteiger partial charge is 0.311 e. The monoisotopic (exact) mass is 379 g/mol. The zero-order chi connectivity index (χ0) is 16.8. The molecule has 1 aliphatic carbocycles. The summed E-state index contributed by atoms with van der Waals surface area (Å²) in [6.07, 6.45) is 1.42. The maximum absolute atomic E-state index is 12.7. The van der Waals surface area contributed by atoms with E-state index in [1.807, 2.05) is 26.0 Å². The molecule has 1 heterocycles. The van der Waals surface area contributed by atoms with Crippen LogP contribution in [0.2, 0.25) is 0 Å². The predicted molar refractivity (Wildman–Crippen MR) is 91.1 cm³/mol. The highest BCUT2D eigenvalue weighted by Crippen LogP contribution is 2.50. The van der Waals surface area contributed by atoms with Crippen LogP contribution in [0.15, 0.2) is 28.7 Å². The third kappa shape index (κ3) is 2.91. The largest absolute Gasteiger partial charge is 0.481 e. The fourth-order valence-corrected chi connectivity index (χ4v) is 4.14. The number of amides is 1. The van der Waals surface area contributed by atoms with Crippen LogP contribution in [0.3, 0.4) is 0 Å². The highest BCUT2D eigenvalue weighted by molar-refractivity contribution is 9.10. The van der Waals surface area contributed by atoms with E-state index in [9.17, 15) is 14.7 Å². The van der Waals surface area contributed by atoms with Crippen LogP contribution in [0.25, 0.3) is 0 Å². The fourth-order valence-electron chi connectivity index (χ4n) is 3.72. The number of hydrogen-bond donors (Lipinski definition) is 1. The summed E-state index contributed by atoms with van der Waals surface area (Å²) in [5, 5.41) is 9.61. The number of likely N-dealkylation sites (tertiary alicyclic amines) is 1. The Kier molecular flexibility index (Phi) is 4.25. The van der Waals surface area contributed by atoms with Gasteiger partial charge >= 0.3 is 5.97 Å². The number of hydrogen-bond acceptors (Lipinski definition) is 2. The molecule has 5 heteroatoms. The molecule has 3 rings (SSSR count). The minimum Gasteiger partial charge on any atom is -0.481 e. The number of aliphatic carboxylic acids is 1. The molecule has 23 heavy (non-hydrogen) atoms. The van der Waals surface area contributed by atoms with Crippen LogP contribution >= 0.6 is 15.9 Å². The van der Waals surface area contributed by atoms with Crippen LogP contribution in [-0.2, 0) is 9.59 Å². The van der Waals surface area contributed by atoms with Crippen molar-refractivity contribution in [3.63, 3.8) is 0 Å². The topological polar surface area (TPSA) is 57.6 Å². The first-order valence-corrected chi connectivity index (χ1v) is 8.92. The predicted octanol–water partition coefficient (Wildman–Crippen LogP) is 3.51. The third-order valence-electron chi connectivity index (χ3n) is 5.53. The number of benzene rings is 1. The van der Waals surface area contributed by atoms with Crippen LogP contribution in [-0.4, -0.2) is 35.0 Å². The molecule has 4 nitrogen and oxygen atoms in total. The number of halogens is 1. The molecule has 2 fully saturated rings. The quantitative estimate of drug-likeness (QED) is 0.870. The van der Waals surface area contributed by atoms with Gasteiger partial charge in [-0.25, -0.2) is 0 Å². The number of carbonyl (C=O) groups is 2. The molecule has 1 N–H and O–H groups in total. The van der Waals surface area contributed by atoms with E-state index in [0.717, 1.165) is 10.9 Å². The molecule has 3 unspecified atom stereocenters. The third-order valence-corrected chi connectivity index (χ3v) is 6.02. The molecule has 0 radical (unpaired) electrons. The molecule has 3 atom stereocenters. The van der Waals surface area contributed by atoms with Gasteiger partial charge in [0.25, 0.3) is 0 Å². The standard InChI is InChI=1S/C18H22BrNO3/c1-11(2)18(17(22)23)6-7-20(10-18)16(21)15-9-14(15)12-4-3-5-13(19)8-12/h3-5,8,11,14-15H,6-7,9-10H2,1-2H3,(H,22,23). The van der Waals surface area contributed by atoms with Crippen LogP contribution < -0.4 is 0 Å². The Morgan fingerprint density at radius 2 is 2.13 bits per heavy atom. The first kappa shape index (κ1) is 16.5. The van der Waals surface area contributed by atoms with Crippen molar-refractivity contribution in [2.24, 2.45) is 17.3 Å². The normalized spacial score (nSPS) is 29.8. The summed E-state index contributed by atoms with van der Waals surface area (Å²) in [6.45, 7) is 4.78. The second-order valence-corrected chi connectivity index (χ2v) is 8.05. The van der Waals surface area contributed by atoms with Gasteiger partial charge < -0.3 is 10.0 Å². The number of carboxylic acid groups (broad SMARTS) is 1. The summed E-state index contributed by atoms with van der Waals surface area (Å²) < 4.78 is 1.03. The maximum Gasteiger partial charge on any atom is 0.311 e. The second kappa shape index (κ2) is 5.93. The summed E-state index contributed by atoms with van der Waals surface area (Å²) in [5.41, 5.74) is 0.404.